The SMILES string of the molecule is O=C(O)CNCc1cc2ccccc2o1. The molecule has 0 fully saturated rings. The molecule has 0 spiro atoms. The van der Waals surface area contributed by atoms with Crippen molar-refractivity contribution in [2.45, 2.75) is 6.54 Å². The molecule has 0 aliphatic carbocycles. The highest BCUT2D eigenvalue weighted by atomic mass is 16.4. The van der Waals surface area contributed by atoms with E-state index in [4.69, 9.17) is 9.52 Å². The molecule has 2 N–H and O–H groups in total. The highest BCUT2D eigenvalue weighted by molar-refractivity contribution is 5.77. The number of rotatable bonds is 4. The number of benzene rings is 1. The highest BCUT2D eigenvalue weighted by Crippen LogP contribution is 2.18. The summed E-state index contributed by atoms with van der Waals surface area (Å²) in [5.74, 6) is -0.122. The Morgan fingerprint density at radius 1 is 1.40 bits per heavy atom. The number of hydrogen-bond acceptors (Lipinski definition) is 3. The third-order valence-electron chi connectivity index (χ3n) is 2.05. The van der Waals surface area contributed by atoms with Crippen LogP contribution in [0.4, 0.5) is 0 Å². The number of carboxylic acid groups (broad SMARTS) is 1. The van der Waals surface area contributed by atoms with Gasteiger partial charge in [-0.1, -0.05) is 18.2 Å². The van der Waals surface area contributed by atoms with Crippen LogP contribution in [0.5, 0.6) is 0 Å². The number of carboxylic acids is 1. The van der Waals surface area contributed by atoms with Crippen LogP contribution in [-0.4, -0.2) is 17.6 Å². The monoisotopic (exact) mass is 205 g/mol. The molecule has 0 saturated carbocycles. The molecule has 1 aromatic carbocycles. The first-order chi connectivity index (χ1) is 7.25. The molecular formula is C11H11NO3. The van der Waals surface area contributed by atoms with Gasteiger partial charge in [-0.15, -0.1) is 0 Å². The van der Waals surface area contributed by atoms with Gasteiger partial charge in [-0.3, -0.25) is 10.1 Å². The molecule has 1 aromatic heterocycles. The van der Waals surface area contributed by atoms with Crippen molar-refractivity contribution in [2.24, 2.45) is 0 Å². The van der Waals surface area contributed by atoms with Crippen LogP contribution in [0, 0.1) is 0 Å². The summed E-state index contributed by atoms with van der Waals surface area (Å²) >= 11 is 0. The fourth-order valence-corrected chi connectivity index (χ4v) is 1.42. The maximum atomic E-state index is 10.3. The molecule has 0 saturated heterocycles. The number of furan rings is 1. The summed E-state index contributed by atoms with van der Waals surface area (Å²) in [7, 11) is 0. The summed E-state index contributed by atoms with van der Waals surface area (Å²) in [6.07, 6.45) is 0. The number of para-hydroxylation sites is 1. The van der Waals surface area contributed by atoms with Gasteiger partial charge in [0, 0.05) is 5.39 Å². The van der Waals surface area contributed by atoms with Crippen molar-refractivity contribution >= 4 is 16.9 Å². The van der Waals surface area contributed by atoms with Crippen LogP contribution in [0.25, 0.3) is 11.0 Å². The average molecular weight is 205 g/mol. The lowest BCUT2D eigenvalue weighted by molar-refractivity contribution is -0.136. The maximum absolute atomic E-state index is 10.3. The van der Waals surface area contributed by atoms with Crippen molar-refractivity contribution in [1.82, 2.24) is 5.32 Å². The van der Waals surface area contributed by atoms with Crippen LogP contribution in [0.3, 0.4) is 0 Å². The average Bonchev–Trinajstić information content (AvgIpc) is 2.59. The molecule has 1 heterocycles. The van der Waals surface area contributed by atoms with Gasteiger partial charge < -0.3 is 9.52 Å². The van der Waals surface area contributed by atoms with Gasteiger partial charge in [0.25, 0.3) is 0 Å². The predicted octanol–water partition coefficient (Wildman–Crippen LogP) is 1.61. The lowest BCUT2D eigenvalue weighted by Gasteiger charge is -1.96. The molecule has 4 nitrogen and oxygen atoms in total. The minimum absolute atomic E-state index is 0.0585. The molecule has 78 valence electrons. The van der Waals surface area contributed by atoms with E-state index in [2.05, 4.69) is 5.32 Å². The second-order valence-electron chi connectivity index (χ2n) is 3.25. The number of fused-ring (bicyclic) bond motifs is 1. The normalized spacial score (nSPS) is 10.7. The van der Waals surface area contributed by atoms with Crippen molar-refractivity contribution < 1.29 is 14.3 Å². The minimum atomic E-state index is -0.869. The first-order valence-corrected chi connectivity index (χ1v) is 4.65. The van der Waals surface area contributed by atoms with Crippen LogP contribution >= 0.6 is 0 Å². The van der Waals surface area contributed by atoms with Crippen molar-refractivity contribution in [3.05, 3.63) is 36.1 Å². The zero-order chi connectivity index (χ0) is 10.7. The zero-order valence-corrected chi connectivity index (χ0v) is 8.06. The summed E-state index contributed by atoms with van der Waals surface area (Å²) in [6.45, 7) is 0.373. The summed E-state index contributed by atoms with van der Waals surface area (Å²) in [5, 5.41) is 12.2. The third-order valence-corrected chi connectivity index (χ3v) is 2.05. The van der Waals surface area contributed by atoms with E-state index >= 15 is 0 Å². The Balaban J connectivity index is 2.05. The van der Waals surface area contributed by atoms with Gasteiger partial charge in [0.05, 0.1) is 13.1 Å². The van der Waals surface area contributed by atoms with Crippen molar-refractivity contribution in [3.8, 4) is 0 Å². The molecule has 0 unspecified atom stereocenters. The molecule has 2 aromatic rings. The van der Waals surface area contributed by atoms with E-state index < -0.39 is 5.97 Å². The Bertz CT molecular complexity index is 442. The second-order valence-corrected chi connectivity index (χ2v) is 3.25. The van der Waals surface area contributed by atoms with Gasteiger partial charge in [0.1, 0.15) is 11.3 Å². The topological polar surface area (TPSA) is 62.5 Å². The molecule has 15 heavy (non-hydrogen) atoms. The van der Waals surface area contributed by atoms with E-state index in [1.165, 1.54) is 0 Å². The molecule has 0 bridgehead atoms. The molecular weight excluding hydrogens is 194 g/mol. The van der Waals surface area contributed by atoms with Gasteiger partial charge in [0.2, 0.25) is 0 Å². The maximum Gasteiger partial charge on any atom is 0.317 e. The highest BCUT2D eigenvalue weighted by Gasteiger charge is 2.03. The van der Waals surface area contributed by atoms with E-state index in [1.54, 1.807) is 0 Å². The summed E-state index contributed by atoms with van der Waals surface area (Å²) < 4.78 is 5.49. The molecule has 0 radical (unpaired) electrons. The molecule has 2 rings (SSSR count). The fourth-order valence-electron chi connectivity index (χ4n) is 1.42. The Kier molecular flexibility index (Phi) is 2.69. The number of aliphatic carboxylic acids is 1. The van der Waals surface area contributed by atoms with Gasteiger partial charge in [-0.05, 0) is 12.1 Å². The molecule has 0 aliphatic heterocycles. The van der Waals surface area contributed by atoms with E-state index in [-0.39, 0.29) is 6.54 Å². The first kappa shape index (κ1) is 9.73. The van der Waals surface area contributed by atoms with Gasteiger partial charge in [-0.2, -0.15) is 0 Å². The van der Waals surface area contributed by atoms with E-state index in [0.717, 1.165) is 16.7 Å². The van der Waals surface area contributed by atoms with Crippen LogP contribution in [0.1, 0.15) is 5.76 Å². The third kappa shape index (κ3) is 2.35. The van der Waals surface area contributed by atoms with Crippen molar-refractivity contribution in [3.63, 3.8) is 0 Å². The first-order valence-electron chi connectivity index (χ1n) is 4.65. The predicted molar refractivity (Wildman–Crippen MR) is 55.6 cm³/mol. The zero-order valence-electron chi connectivity index (χ0n) is 8.06. The van der Waals surface area contributed by atoms with E-state index in [9.17, 15) is 4.79 Å². The second kappa shape index (κ2) is 4.14. The Hall–Kier alpha value is -1.81. The number of nitrogens with one attached hydrogen (secondary N) is 1. The van der Waals surface area contributed by atoms with Crippen LogP contribution in [0.15, 0.2) is 34.7 Å². The lowest BCUT2D eigenvalue weighted by Crippen LogP contribution is -2.21. The quantitative estimate of drug-likeness (QED) is 0.795. The minimum Gasteiger partial charge on any atom is -0.480 e. The molecule has 0 atom stereocenters. The van der Waals surface area contributed by atoms with Crippen LogP contribution < -0.4 is 5.32 Å². The molecule has 0 aliphatic rings. The number of carbonyl (C=O) groups is 1. The fraction of sp³-hybridized carbons (Fsp3) is 0.182. The van der Waals surface area contributed by atoms with Crippen LogP contribution in [-0.2, 0) is 11.3 Å². The Morgan fingerprint density at radius 2 is 2.20 bits per heavy atom. The van der Waals surface area contributed by atoms with Crippen molar-refractivity contribution in [1.29, 1.82) is 0 Å². The van der Waals surface area contributed by atoms with E-state index in [1.807, 2.05) is 30.3 Å². The van der Waals surface area contributed by atoms with Gasteiger partial charge in [0.15, 0.2) is 0 Å². The molecule has 0 amide bonds. The van der Waals surface area contributed by atoms with Gasteiger partial charge in [-0.25, -0.2) is 0 Å². The Morgan fingerprint density at radius 3 is 2.93 bits per heavy atom. The largest absolute Gasteiger partial charge is 0.480 e. The van der Waals surface area contributed by atoms with E-state index in [0.29, 0.717) is 6.54 Å². The smallest absolute Gasteiger partial charge is 0.317 e. The molecule has 4 heteroatoms. The van der Waals surface area contributed by atoms with Crippen LogP contribution in [0.2, 0.25) is 0 Å². The lowest BCUT2D eigenvalue weighted by atomic mass is 10.2. The Labute approximate surface area is 86.5 Å². The summed E-state index contributed by atoms with van der Waals surface area (Å²) in [6, 6.07) is 9.59. The standard InChI is InChI=1S/C11H11NO3/c13-11(14)7-12-6-9-5-8-3-1-2-4-10(8)15-9/h1-5,12H,6-7H2,(H,13,14). The van der Waals surface area contributed by atoms with Crippen molar-refractivity contribution in [2.75, 3.05) is 6.54 Å². The van der Waals surface area contributed by atoms with Gasteiger partial charge >= 0.3 is 5.97 Å². The number of hydrogen-bond donors (Lipinski definition) is 2. The summed E-state index contributed by atoms with van der Waals surface area (Å²) in [4.78, 5) is 10.3. The summed E-state index contributed by atoms with van der Waals surface area (Å²) in [5.41, 5.74) is 0.824.